The first kappa shape index (κ1) is 19.0. The Labute approximate surface area is 167 Å². The number of nitrogens with zero attached hydrogens (tertiary/aromatic N) is 1. The third kappa shape index (κ3) is 4.22. The van der Waals surface area contributed by atoms with E-state index < -0.39 is 0 Å². The average molecular weight is 380 g/mol. The van der Waals surface area contributed by atoms with E-state index in [4.69, 9.17) is 9.47 Å². The average Bonchev–Trinajstić information content (AvgIpc) is 2.93. The molecule has 2 fully saturated rings. The number of esters is 1. The Hall–Kier alpha value is -2.33. The molecule has 2 aromatic carbocycles. The quantitative estimate of drug-likeness (QED) is 0.691. The van der Waals surface area contributed by atoms with Crippen molar-refractivity contribution in [3.8, 4) is 5.75 Å². The fraction of sp³-hybridized carbons (Fsp3) is 0.458. The van der Waals surface area contributed by atoms with Gasteiger partial charge in [0.2, 0.25) is 0 Å². The summed E-state index contributed by atoms with van der Waals surface area (Å²) in [6.45, 7) is 2.46. The fourth-order valence-electron chi connectivity index (χ4n) is 4.45. The van der Waals surface area contributed by atoms with Crippen LogP contribution in [0, 0.1) is 0 Å². The minimum absolute atomic E-state index is 0.0668. The molecule has 0 N–H and O–H groups in total. The number of carbonyl (C=O) groups is 1. The number of ether oxygens (including phenoxy) is 2. The van der Waals surface area contributed by atoms with Crippen LogP contribution < -0.4 is 4.74 Å². The Balaban J connectivity index is 1.30. The van der Waals surface area contributed by atoms with Crippen molar-refractivity contribution >= 4 is 5.97 Å². The summed E-state index contributed by atoms with van der Waals surface area (Å²) in [6.07, 6.45) is 4.47. The molecule has 2 aliphatic rings. The van der Waals surface area contributed by atoms with Gasteiger partial charge >= 0.3 is 5.97 Å². The highest BCUT2D eigenvalue weighted by atomic mass is 16.5. The molecule has 0 radical (unpaired) electrons. The molecule has 4 atom stereocenters. The number of piperidine rings is 1. The number of hydrogen-bond donors (Lipinski definition) is 0. The standard InChI is InChI=1S/C24H29NO3/c1-17(24(26)28-23-14-20-10-11-21(15-23)25(20)2)19-8-12-22(13-9-19)27-16-18-6-4-3-5-7-18/h3-9,12-13,17,20-21,23H,10-11,14-16H2,1-2H3/t17?,20-,21+,23-. The van der Waals surface area contributed by atoms with Gasteiger partial charge in [-0.3, -0.25) is 4.79 Å². The second-order valence-electron chi connectivity index (χ2n) is 8.15. The maximum atomic E-state index is 12.7. The van der Waals surface area contributed by atoms with Crippen molar-refractivity contribution in [1.29, 1.82) is 0 Å². The SMILES string of the molecule is CC(C(=O)O[C@@H]1C[C@H]2CC[C@@H](C1)N2C)c1ccc(OCc2ccccc2)cc1. The van der Waals surface area contributed by atoms with Gasteiger partial charge in [0.1, 0.15) is 18.5 Å². The predicted octanol–water partition coefficient (Wildman–Crippen LogP) is 4.54. The van der Waals surface area contributed by atoms with Crippen molar-refractivity contribution < 1.29 is 14.3 Å². The van der Waals surface area contributed by atoms with Crippen LogP contribution in [0.4, 0.5) is 0 Å². The minimum atomic E-state index is -0.263. The van der Waals surface area contributed by atoms with E-state index in [0.717, 1.165) is 29.7 Å². The summed E-state index contributed by atoms with van der Waals surface area (Å²) < 4.78 is 11.7. The summed E-state index contributed by atoms with van der Waals surface area (Å²) in [6, 6.07) is 19.0. The molecule has 0 aliphatic carbocycles. The van der Waals surface area contributed by atoms with Crippen molar-refractivity contribution in [2.75, 3.05) is 7.05 Å². The molecule has 148 valence electrons. The van der Waals surface area contributed by atoms with Gasteiger partial charge < -0.3 is 14.4 Å². The summed E-state index contributed by atoms with van der Waals surface area (Å²) in [5.41, 5.74) is 2.10. The van der Waals surface area contributed by atoms with Crippen molar-refractivity contribution in [2.24, 2.45) is 0 Å². The van der Waals surface area contributed by atoms with Crippen LogP contribution in [0.2, 0.25) is 0 Å². The molecular weight excluding hydrogens is 350 g/mol. The molecule has 4 rings (SSSR count). The molecule has 0 spiro atoms. The second-order valence-corrected chi connectivity index (χ2v) is 8.15. The summed E-state index contributed by atoms with van der Waals surface area (Å²) in [5.74, 6) is 0.424. The second kappa shape index (κ2) is 8.36. The number of rotatable bonds is 6. The van der Waals surface area contributed by atoms with Crippen LogP contribution in [-0.4, -0.2) is 36.1 Å². The van der Waals surface area contributed by atoms with E-state index in [9.17, 15) is 4.79 Å². The highest BCUT2D eigenvalue weighted by molar-refractivity contribution is 5.77. The topological polar surface area (TPSA) is 38.8 Å². The van der Waals surface area contributed by atoms with Crippen LogP contribution in [0.1, 0.15) is 49.7 Å². The molecule has 0 saturated carbocycles. The lowest BCUT2D eigenvalue weighted by Gasteiger charge is -2.36. The van der Waals surface area contributed by atoms with E-state index in [1.54, 1.807) is 0 Å². The molecule has 1 unspecified atom stereocenters. The van der Waals surface area contributed by atoms with Crippen molar-refractivity contribution in [2.45, 2.75) is 63.3 Å². The lowest BCUT2D eigenvalue weighted by molar-refractivity contribution is -0.153. The predicted molar refractivity (Wildman–Crippen MR) is 109 cm³/mol. The maximum Gasteiger partial charge on any atom is 0.313 e. The summed E-state index contributed by atoms with van der Waals surface area (Å²) >= 11 is 0. The largest absolute Gasteiger partial charge is 0.489 e. The third-order valence-electron chi connectivity index (χ3n) is 6.32. The fourth-order valence-corrected chi connectivity index (χ4v) is 4.45. The molecule has 0 amide bonds. The number of fused-ring (bicyclic) bond motifs is 2. The van der Waals surface area contributed by atoms with Crippen LogP contribution in [0.15, 0.2) is 54.6 Å². The number of benzene rings is 2. The zero-order chi connectivity index (χ0) is 19.5. The first-order valence-electron chi connectivity index (χ1n) is 10.3. The van der Waals surface area contributed by atoms with Gasteiger partial charge in [-0.25, -0.2) is 0 Å². The summed E-state index contributed by atoms with van der Waals surface area (Å²) in [5, 5.41) is 0. The monoisotopic (exact) mass is 379 g/mol. The lowest BCUT2D eigenvalue weighted by Crippen LogP contribution is -2.43. The summed E-state index contributed by atoms with van der Waals surface area (Å²) in [7, 11) is 2.20. The van der Waals surface area contributed by atoms with Gasteiger partial charge in [0.05, 0.1) is 5.92 Å². The number of hydrogen-bond acceptors (Lipinski definition) is 4. The Kier molecular flexibility index (Phi) is 5.67. The zero-order valence-corrected chi connectivity index (χ0v) is 16.7. The van der Waals surface area contributed by atoms with Gasteiger partial charge in [-0.15, -0.1) is 0 Å². The zero-order valence-electron chi connectivity index (χ0n) is 16.7. The molecule has 2 aromatic rings. The Bertz CT molecular complexity index is 775. The highest BCUT2D eigenvalue weighted by Gasteiger charge is 2.40. The molecule has 4 heteroatoms. The lowest BCUT2D eigenvalue weighted by atomic mass is 9.99. The smallest absolute Gasteiger partial charge is 0.313 e. The van der Waals surface area contributed by atoms with Gasteiger partial charge in [0.25, 0.3) is 0 Å². The van der Waals surface area contributed by atoms with E-state index in [0.29, 0.717) is 18.7 Å². The maximum absolute atomic E-state index is 12.7. The van der Waals surface area contributed by atoms with E-state index in [1.165, 1.54) is 12.8 Å². The van der Waals surface area contributed by atoms with Gasteiger partial charge in [-0.1, -0.05) is 42.5 Å². The van der Waals surface area contributed by atoms with Crippen molar-refractivity contribution in [3.63, 3.8) is 0 Å². The third-order valence-corrected chi connectivity index (χ3v) is 6.32. The number of carbonyl (C=O) groups excluding carboxylic acids is 1. The van der Waals surface area contributed by atoms with Gasteiger partial charge in [0.15, 0.2) is 0 Å². The first-order valence-corrected chi connectivity index (χ1v) is 10.3. The Morgan fingerprint density at radius 1 is 1.04 bits per heavy atom. The van der Waals surface area contributed by atoms with Gasteiger partial charge in [0, 0.05) is 12.1 Å². The van der Waals surface area contributed by atoms with E-state index in [1.807, 2.05) is 61.5 Å². The highest BCUT2D eigenvalue weighted by Crippen LogP contribution is 2.36. The van der Waals surface area contributed by atoms with Crippen LogP contribution >= 0.6 is 0 Å². The van der Waals surface area contributed by atoms with E-state index in [-0.39, 0.29) is 18.0 Å². The Morgan fingerprint density at radius 3 is 2.32 bits per heavy atom. The van der Waals surface area contributed by atoms with Gasteiger partial charge in [-0.05, 0) is 62.9 Å². The minimum Gasteiger partial charge on any atom is -0.489 e. The van der Waals surface area contributed by atoms with Crippen LogP contribution in [0.5, 0.6) is 5.75 Å². The molecule has 2 bridgehead atoms. The molecule has 2 aliphatic heterocycles. The van der Waals surface area contributed by atoms with Crippen molar-refractivity contribution in [1.82, 2.24) is 4.90 Å². The van der Waals surface area contributed by atoms with Crippen LogP contribution in [0.25, 0.3) is 0 Å². The molecular formula is C24H29NO3. The molecule has 0 aromatic heterocycles. The van der Waals surface area contributed by atoms with Crippen LogP contribution in [0.3, 0.4) is 0 Å². The molecule has 28 heavy (non-hydrogen) atoms. The van der Waals surface area contributed by atoms with E-state index in [2.05, 4.69) is 11.9 Å². The van der Waals surface area contributed by atoms with Crippen LogP contribution in [-0.2, 0) is 16.1 Å². The van der Waals surface area contributed by atoms with E-state index >= 15 is 0 Å². The molecule has 2 saturated heterocycles. The normalized spacial score (nSPS) is 25.3. The summed E-state index contributed by atoms with van der Waals surface area (Å²) in [4.78, 5) is 15.1. The Morgan fingerprint density at radius 2 is 1.68 bits per heavy atom. The van der Waals surface area contributed by atoms with Crippen molar-refractivity contribution in [3.05, 3.63) is 65.7 Å². The van der Waals surface area contributed by atoms with Gasteiger partial charge in [-0.2, -0.15) is 0 Å². The molecule has 4 nitrogen and oxygen atoms in total. The molecule has 2 heterocycles. The first-order chi connectivity index (χ1) is 13.6.